The molecule has 2 aromatic carbocycles. The summed E-state index contributed by atoms with van der Waals surface area (Å²) in [4.78, 5) is 67.3. The highest BCUT2D eigenvalue weighted by Crippen LogP contribution is 2.63. The van der Waals surface area contributed by atoms with Crippen LogP contribution in [0, 0.1) is 29.1 Å². The minimum Gasteiger partial charge on any atom is -0.458 e. The Labute approximate surface area is 275 Å². The Morgan fingerprint density at radius 1 is 0.830 bits per heavy atom. The first kappa shape index (κ1) is 33.8. The molecule has 0 amide bonds. The maximum atomic E-state index is 14.7. The first-order valence-corrected chi connectivity index (χ1v) is 16.0. The number of hydrogen-bond donors (Lipinski definition) is 0. The molecule has 2 saturated carbocycles. The fourth-order valence-corrected chi connectivity index (χ4v) is 7.64. The summed E-state index contributed by atoms with van der Waals surface area (Å²) in [5.41, 5.74) is -0.942. The van der Waals surface area contributed by atoms with E-state index in [1.807, 2.05) is 6.08 Å². The number of fused-ring (bicyclic) bond motifs is 2. The first-order valence-electron chi connectivity index (χ1n) is 16.0. The molecule has 2 fully saturated rings. The maximum Gasteiger partial charge on any atom is 0.338 e. The van der Waals surface area contributed by atoms with Gasteiger partial charge in [0.2, 0.25) is 5.78 Å². The Kier molecular flexibility index (Phi) is 9.31. The molecule has 2 aromatic rings. The van der Waals surface area contributed by atoms with E-state index in [9.17, 15) is 24.0 Å². The van der Waals surface area contributed by atoms with E-state index >= 15 is 0 Å². The minimum atomic E-state index is -1.89. The zero-order valence-corrected chi connectivity index (χ0v) is 27.7. The van der Waals surface area contributed by atoms with Gasteiger partial charge in [0.05, 0.1) is 17.0 Å². The normalized spacial score (nSPS) is 32.3. The van der Waals surface area contributed by atoms with Crippen molar-refractivity contribution in [2.24, 2.45) is 29.1 Å². The van der Waals surface area contributed by atoms with Crippen LogP contribution in [0.1, 0.15) is 75.1 Å². The van der Waals surface area contributed by atoms with Gasteiger partial charge in [-0.05, 0) is 66.4 Å². The quantitative estimate of drug-likeness (QED) is 0.210. The van der Waals surface area contributed by atoms with E-state index in [2.05, 4.69) is 20.4 Å². The molecular formula is C38H42O9. The van der Waals surface area contributed by atoms with Gasteiger partial charge in [0, 0.05) is 25.8 Å². The molecule has 9 heteroatoms. The van der Waals surface area contributed by atoms with E-state index in [-0.39, 0.29) is 34.8 Å². The third-order valence-corrected chi connectivity index (χ3v) is 10.1. The van der Waals surface area contributed by atoms with Crippen molar-refractivity contribution in [2.45, 2.75) is 78.3 Å². The number of hydrogen-bond acceptors (Lipinski definition) is 9. The topological polar surface area (TPSA) is 122 Å². The highest BCUT2D eigenvalue weighted by molar-refractivity contribution is 6.03. The van der Waals surface area contributed by atoms with E-state index < -0.39 is 65.4 Å². The standard InChI is InChI=1S/C38H42O9/c1-21-18-28-29(37(28,6)7)19-30(45-35(42)26-14-10-8-11-15-26)23(3)33(44-24(4)39)31-32(46-36(43)27-16-12-9-13-17-27)22(2)20-38(31,34(21)41)47-25(5)40/h8-18,22,28-33H,3,19-20H2,1-2,4-7H3/b21-18-/t22-,28+,29-,30+,31+,32-,33-,38+/m0/s1. The number of ether oxygens (including phenoxy) is 4. The molecule has 0 N–H and O–H groups in total. The second kappa shape index (κ2) is 12.9. The molecule has 0 heterocycles. The van der Waals surface area contributed by atoms with E-state index in [0.29, 0.717) is 17.6 Å². The molecule has 0 bridgehead atoms. The number of carbonyl (C=O) groups is 5. The number of carbonyl (C=O) groups excluding carboxylic acids is 5. The lowest BCUT2D eigenvalue weighted by atomic mass is 9.76. The van der Waals surface area contributed by atoms with E-state index in [0.717, 1.165) is 0 Å². The van der Waals surface area contributed by atoms with Crippen molar-refractivity contribution in [2.75, 3.05) is 0 Å². The van der Waals surface area contributed by atoms with Crippen LogP contribution in [0.5, 0.6) is 0 Å². The van der Waals surface area contributed by atoms with Crippen LogP contribution in [0.2, 0.25) is 0 Å². The minimum absolute atomic E-state index is 0.00893. The summed E-state index contributed by atoms with van der Waals surface area (Å²) in [5, 5.41) is 0. The Morgan fingerprint density at radius 3 is 1.91 bits per heavy atom. The average Bonchev–Trinajstić information content (AvgIpc) is 3.41. The molecule has 5 rings (SSSR count). The SMILES string of the molecule is C=C1[C@H](OC(=O)c2ccccc2)C[C@H]2[C@@H](/C=C(/C)C(=O)[C@@]3(OC(C)=O)C[C@H](C)[C@H](OC(=O)c4ccccc4)[C@@H]3[C@H]1OC(C)=O)C2(C)C. The number of rotatable bonds is 6. The molecule has 0 spiro atoms. The molecule has 0 unspecified atom stereocenters. The highest BCUT2D eigenvalue weighted by Gasteiger charge is 2.66. The fraction of sp³-hybridized carbons (Fsp3) is 0.447. The van der Waals surface area contributed by atoms with Crippen molar-refractivity contribution in [1.82, 2.24) is 0 Å². The van der Waals surface area contributed by atoms with Gasteiger partial charge in [-0.1, -0.05) is 69.8 Å². The lowest BCUT2D eigenvalue weighted by Gasteiger charge is -2.40. The summed E-state index contributed by atoms with van der Waals surface area (Å²) in [6.45, 7) is 14.4. The number of allylic oxidation sites excluding steroid dienone is 1. The van der Waals surface area contributed by atoms with Crippen LogP contribution >= 0.6 is 0 Å². The van der Waals surface area contributed by atoms with Crippen molar-refractivity contribution < 1.29 is 42.9 Å². The molecule has 248 valence electrons. The Hall–Kier alpha value is -4.53. The van der Waals surface area contributed by atoms with Gasteiger partial charge in [-0.25, -0.2) is 9.59 Å². The Balaban J connectivity index is 1.68. The van der Waals surface area contributed by atoms with Crippen LogP contribution < -0.4 is 0 Å². The second-order valence-electron chi connectivity index (χ2n) is 13.7. The van der Waals surface area contributed by atoms with Crippen molar-refractivity contribution in [3.63, 3.8) is 0 Å². The van der Waals surface area contributed by atoms with Gasteiger partial charge < -0.3 is 18.9 Å². The number of ketones is 1. The molecule has 9 nitrogen and oxygen atoms in total. The van der Waals surface area contributed by atoms with E-state index in [4.69, 9.17) is 18.9 Å². The van der Waals surface area contributed by atoms with Gasteiger partial charge in [0.15, 0.2) is 5.60 Å². The third kappa shape index (κ3) is 6.53. The zero-order valence-electron chi connectivity index (χ0n) is 27.7. The van der Waals surface area contributed by atoms with Crippen LogP contribution in [0.3, 0.4) is 0 Å². The molecule has 8 atom stereocenters. The number of Topliss-reactive ketones (excluding diaryl/α,β-unsaturated/α-hetero) is 1. The first-order chi connectivity index (χ1) is 22.2. The van der Waals surface area contributed by atoms with Gasteiger partial charge in [0.25, 0.3) is 0 Å². The van der Waals surface area contributed by atoms with Crippen molar-refractivity contribution in [3.8, 4) is 0 Å². The lowest BCUT2D eigenvalue weighted by molar-refractivity contribution is -0.179. The summed E-state index contributed by atoms with van der Waals surface area (Å²) in [7, 11) is 0. The molecule has 3 aliphatic rings. The number of esters is 4. The van der Waals surface area contributed by atoms with Crippen molar-refractivity contribution >= 4 is 29.7 Å². The molecule has 0 radical (unpaired) electrons. The van der Waals surface area contributed by atoms with Gasteiger partial charge in [-0.3, -0.25) is 14.4 Å². The number of benzene rings is 2. The monoisotopic (exact) mass is 642 g/mol. The highest BCUT2D eigenvalue weighted by atomic mass is 16.6. The summed E-state index contributed by atoms with van der Waals surface area (Å²) in [6.07, 6.45) is -1.13. The van der Waals surface area contributed by atoms with E-state index in [1.54, 1.807) is 74.5 Å². The second-order valence-corrected chi connectivity index (χ2v) is 13.7. The summed E-state index contributed by atoms with van der Waals surface area (Å²) in [5.74, 6) is -4.93. The molecule has 0 aromatic heterocycles. The molecule has 47 heavy (non-hydrogen) atoms. The molecule has 3 aliphatic carbocycles. The summed E-state index contributed by atoms with van der Waals surface area (Å²) >= 11 is 0. The van der Waals surface area contributed by atoms with Gasteiger partial charge in [-0.2, -0.15) is 0 Å². The average molecular weight is 643 g/mol. The fourth-order valence-electron chi connectivity index (χ4n) is 7.64. The van der Waals surface area contributed by atoms with Crippen LogP contribution in [0.15, 0.2) is 84.5 Å². The predicted octanol–water partition coefficient (Wildman–Crippen LogP) is 6.07. The van der Waals surface area contributed by atoms with E-state index in [1.165, 1.54) is 13.8 Å². The molecule has 0 aliphatic heterocycles. The van der Waals surface area contributed by atoms with Crippen LogP contribution in [-0.4, -0.2) is 53.6 Å². The zero-order chi connectivity index (χ0) is 34.3. The smallest absolute Gasteiger partial charge is 0.338 e. The van der Waals surface area contributed by atoms with Gasteiger partial charge >= 0.3 is 23.9 Å². The van der Waals surface area contributed by atoms with Crippen LogP contribution in [-0.2, 0) is 33.3 Å². The predicted molar refractivity (Wildman–Crippen MR) is 172 cm³/mol. The van der Waals surface area contributed by atoms with Crippen molar-refractivity contribution in [3.05, 3.63) is 95.6 Å². The third-order valence-electron chi connectivity index (χ3n) is 10.1. The van der Waals surface area contributed by atoms with Crippen LogP contribution in [0.25, 0.3) is 0 Å². The Bertz CT molecular complexity index is 1610. The maximum absolute atomic E-state index is 14.7. The van der Waals surface area contributed by atoms with Gasteiger partial charge in [-0.15, -0.1) is 0 Å². The Morgan fingerprint density at radius 2 is 1.38 bits per heavy atom. The summed E-state index contributed by atoms with van der Waals surface area (Å²) in [6, 6.07) is 16.9. The molecular weight excluding hydrogens is 600 g/mol. The lowest BCUT2D eigenvalue weighted by Crippen LogP contribution is -2.55. The van der Waals surface area contributed by atoms with Crippen LogP contribution in [0.4, 0.5) is 0 Å². The summed E-state index contributed by atoms with van der Waals surface area (Å²) < 4.78 is 24.3. The van der Waals surface area contributed by atoms with Gasteiger partial charge in [0.1, 0.15) is 18.3 Å². The largest absolute Gasteiger partial charge is 0.458 e. The van der Waals surface area contributed by atoms with Crippen molar-refractivity contribution in [1.29, 1.82) is 0 Å². The molecule has 0 saturated heterocycles.